The smallest absolute Gasteiger partial charge is 0.330 e. The highest BCUT2D eigenvalue weighted by Crippen LogP contribution is 2.30. The van der Waals surface area contributed by atoms with Crippen LogP contribution in [0.15, 0.2) is 25.3 Å². The molecule has 0 aromatic heterocycles. The van der Waals surface area contributed by atoms with Crippen molar-refractivity contribution < 1.29 is 19.0 Å². The molecule has 3 atom stereocenters. The topological polar surface area (TPSA) is 44.8 Å². The van der Waals surface area contributed by atoms with Crippen LogP contribution in [0.3, 0.4) is 0 Å². The summed E-state index contributed by atoms with van der Waals surface area (Å²) in [6.45, 7) is 14.7. The summed E-state index contributed by atoms with van der Waals surface area (Å²) in [5.41, 5.74) is 0. The zero-order valence-electron chi connectivity index (χ0n) is 13.5. The molecule has 21 heavy (non-hydrogen) atoms. The molecule has 0 spiro atoms. The normalized spacial score (nSPS) is 21.3. The average molecular weight is 296 g/mol. The molecule has 0 radical (unpaired) electrons. The minimum Gasteiger partial charge on any atom is -0.458 e. The van der Waals surface area contributed by atoms with Gasteiger partial charge in [0, 0.05) is 18.4 Å². The summed E-state index contributed by atoms with van der Waals surface area (Å²) in [5.74, 6) is -0.549. The lowest BCUT2D eigenvalue weighted by molar-refractivity contribution is -0.156. The van der Waals surface area contributed by atoms with Crippen LogP contribution >= 0.6 is 0 Å². The molecule has 1 aliphatic heterocycles. The molecule has 0 unspecified atom stereocenters. The maximum absolute atomic E-state index is 11.6. The van der Waals surface area contributed by atoms with E-state index in [2.05, 4.69) is 27.0 Å². The third-order valence-corrected chi connectivity index (χ3v) is 4.13. The van der Waals surface area contributed by atoms with Gasteiger partial charge in [0.05, 0.1) is 13.2 Å². The van der Waals surface area contributed by atoms with E-state index in [1.807, 2.05) is 13.0 Å². The minimum atomic E-state index is -0.503. The van der Waals surface area contributed by atoms with Crippen LogP contribution in [0.2, 0.25) is 0 Å². The predicted octanol–water partition coefficient (Wildman–Crippen LogP) is 3.48. The molecule has 1 fully saturated rings. The Kier molecular flexibility index (Phi) is 7.12. The van der Waals surface area contributed by atoms with Gasteiger partial charge in [0.15, 0.2) is 5.79 Å². The van der Waals surface area contributed by atoms with Gasteiger partial charge >= 0.3 is 5.97 Å². The molecule has 0 aliphatic carbocycles. The SMILES string of the molecule is C=CC(=O)O[C@H]([C@H](C)CCC1(C)OCCO1)[C@@H](C=C)CC. The number of hydrogen-bond donors (Lipinski definition) is 0. The van der Waals surface area contributed by atoms with Crippen molar-refractivity contribution in [1.29, 1.82) is 0 Å². The summed E-state index contributed by atoms with van der Waals surface area (Å²) in [5, 5.41) is 0. The molecular weight excluding hydrogens is 268 g/mol. The second-order valence-corrected chi connectivity index (χ2v) is 5.76. The molecule has 120 valence electrons. The number of esters is 1. The maximum Gasteiger partial charge on any atom is 0.330 e. The predicted molar refractivity (Wildman–Crippen MR) is 82.8 cm³/mol. The second-order valence-electron chi connectivity index (χ2n) is 5.76. The van der Waals surface area contributed by atoms with Crippen molar-refractivity contribution in [2.24, 2.45) is 11.8 Å². The van der Waals surface area contributed by atoms with E-state index in [0.29, 0.717) is 13.2 Å². The summed E-state index contributed by atoms with van der Waals surface area (Å²) in [6, 6.07) is 0. The van der Waals surface area contributed by atoms with Gasteiger partial charge in [-0.15, -0.1) is 6.58 Å². The van der Waals surface area contributed by atoms with Gasteiger partial charge in [-0.2, -0.15) is 0 Å². The zero-order valence-corrected chi connectivity index (χ0v) is 13.5. The lowest BCUT2D eigenvalue weighted by Gasteiger charge is -2.31. The third-order valence-electron chi connectivity index (χ3n) is 4.13. The quantitative estimate of drug-likeness (QED) is 0.371. The number of ether oxygens (including phenoxy) is 3. The van der Waals surface area contributed by atoms with Gasteiger partial charge in [0.25, 0.3) is 0 Å². The Hall–Kier alpha value is -1.13. The van der Waals surface area contributed by atoms with E-state index in [9.17, 15) is 4.79 Å². The van der Waals surface area contributed by atoms with Crippen molar-refractivity contribution in [2.75, 3.05) is 13.2 Å². The fourth-order valence-corrected chi connectivity index (χ4v) is 2.70. The van der Waals surface area contributed by atoms with E-state index in [-0.39, 0.29) is 23.9 Å². The van der Waals surface area contributed by atoms with Crippen molar-refractivity contribution in [2.45, 2.75) is 51.9 Å². The Bertz CT molecular complexity index is 358. The summed E-state index contributed by atoms with van der Waals surface area (Å²) < 4.78 is 16.8. The Labute approximate surface area is 128 Å². The molecule has 0 N–H and O–H groups in total. The monoisotopic (exact) mass is 296 g/mol. The first kappa shape index (κ1) is 17.9. The molecule has 0 aromatic rings. The summed E-state index contributed by atoms with van der Waals surface area (Å²) >= 11 is 0. The van der Waals surface area contributed by atoms with Crippen LogP contribution in [0.5, 0.6) is 0 Å². The molecule has 0 saturated carbocycles. The van der Waals surface area contributed by atoms with Crippen molar-refractivity contribution in [1.82, 2.24) is 0 Å². The van der Waals surface area contributed by atoms with Gasteiger partial charge in [-0.25, -0.2) is 4.79 Å². The van der Waals surface area contributed by atoms with Crippen LogP contribution in [-0.2, 0) is 19.0 Å². The molecule has 4 nitrogen and oxygen atoms in total. The van der Waals surface area contributed by atoms with Crippen LogP contribution < -0.4 is 0 Å². The highest BCUT2D eigenvalue weighted by molar-refractivity contribution is 5.81. The van der Waals surface area contributed by atoms with Gasteiger partial charge in [-0.1, -0.05) is 26.5 Å². The summed E-state index contributed by atoms with van der Waals surface area (Å²) in [4.78, 5) is 11.6. The standard InChI is InChI=1S/C17H28O4/c1-6-14(7-2)16(21-15(18)8-3)13(4)9-10-17(5)19-11-12-20-17/h6,8,13-14,16H,1,3,7,9-12H2,2,4-5H3/t13-,14+,16-/m1/s1. The minimum absolute atomic E-state index is 0.141. The molecule has 1 saturated heterocycles. The molecule has 4 heteroatoms. The van der Waals surface area contributed by atoms with Crippen LogP contribution in [-0.4, -0.2) is 31.1 Å². The van der Waals surface area contributed by atoms with Crippen molar-refractivity contribution in [3.05, 3.63) is 25.3 Å². The fourth-order valence-electron chi connectivity index (χ4n) is 2.70. The average Bonchev–Trinajstić information content (AvgIpc) is 2.92. The van der Waals surface area contributed by atoms with Crippen LogP contribution in [0.1, 0.15) is 40.0 Å². The second kappa shape index (κ2) is 8.35. The van der Waals surface area contributed by atoms with Gasteiger partial charge in [-0.05, 0) is 25.7 Å². The fraction of sp³-hybridized carbons (Fsp3) is 0.706. The van der Waals surface area contributed by atoms with Crippen LogP contribution in [0.25, 0.3) is 0 Å². The zero-order chi connectivity index (χ0) is 15.9. The van der Waals surface area contributed by atoms with Crippen LogP contribution in [0.4, 0.5) is 0 Å². The molecule has 0 bridgehead atoms. The Balaban J connectivity index is 2.64. The third kappa shape index (κ3) is 5.29. The first-order valence-corrected chi connectivity index (χ1v) is 7.69. The Morgan fingerprint density at radius 3 is 2.48 bits per heavy atom. The molecule has 1 heterocycles. The number of rotatable bonds is 9. The first-order chi connectivity index (χ1) is 9.95. The Morgan fingerprint density at radius 1 is 1.38 bits per heavy atom. The van der Waals surface area contributed by atoms with Crippen molar-refractivity contribution >= 4 is 5.97 Å². The van der Waals surface area contributed by atoms with Crippen molar-refractivity contribution in [3.8, 4) is 0 Å². The van der Waals surface area contributed by atoms with E-state index >= 15 is 0 Å². The summed E-state index contributed by atoms with van der Waals surface area (Å²) in [6.07, 6.45) is 5.40. The van der Waals surface area contributed by atoms with Gasteiger partial charge < -0.3 is 14.2 Å². The van der Waals surface area contributed by atoms with Crippen LogP contribution in [0, 0.1) is 11.8 Å². The lowest BCUT2D eigenvalue weighted by atomic mass is 9.86. The number of carbonyl (C=O) groups is 1. The molecule has 1 aliphatic rings. The lowest BCUT2D eigenvalue weighted by Crippen LogP contribution is -2.33. The Morgan fingerprint density at radius 2 is 2.00 bits per heavy atom. The first-order valence-electron chi connectivity index (χ1n) is 7.69. The molecular formula is C17H28O4. The molecule has 0 aromatic carbocycles. The van der Waals surface area contributed by atoms with E-state index in [0.717, 1.165) is 19.3 Å². The van der Waals surface area contributed by atoms with Crippen molar-refractivity contribution in [3.63, 3.8) is 0 Å². The van der Waals surface area contributed by atoms with Gasteiger partial charge in [-0.3, -0.25) is 0 Å². The van der Waals surface area contributed by atoms with Gasteiger partial charge in [0.2, 0.25) is 0 Å². The van der Waals surface area contributed by atoms with E-state index < -0.39 is 5.79 Å². The maximum atomic E-state index is 11.6. The van der Waals surface area contributed by atoms with Gasteiger partial charge in [0.1, 0.15) is 6.10 Å². The molecule has 1 rings (SSSR count). The highest BCUT2D eigenvalue weighted by Gasteiger charge is 2.34. The molecule has 0 amide bonds. The van der Waals surface area contributed by atoms with E-state index in [1.165, 1.54) is 6.08 Å². The number of carbonyl (C=O) groups excluding carboxylic acids is 1. The highest BCUT2D eigenvalue weighted by atomic mass is 16.7. The number of hydrogen-bond acceptors (Lipinski definition) is 4. The van der Waals surface area contributed by atoms with E-state index in [4.69, 9.17) is 14.2 Å². The summed E-state index contributed by atoms with van der Waals surface area (Å²) in [7, 11) is 0. The van der Waals surface area contributed by atoms with E-state index in [1.54, 1.807) is 0 Å². The largest absolute Gasteiger partial charge is 0.458 e.